The van der Waals surface area contributed by atoms with Crippen molar-refractivity contribution < 1.29 is 9.53 Å². The number of ether oxygens (including phenoxy) is 1. The lowest BCUT2D eigenvalue weighted by Crippen LogP contribution is -2.21. The predicted octanol–water partition coefficient (Wildman–Crippen LogP) is 5.08. The number of benzene rings is 3. The Bertz CT molecular complexity index is 864. The van der Waals surface area contributed by atoms with Gasteiger partial charge in [-0.25, -0.2) is 0 Å². The van der Waals surface area contributed by atoms with Crippen molar-refractivity contribution in [3.8, 4) is 5.75 Å². The minimum absolute atomic E-state index is 0.434. The zero-order chi connectivity index (χ0) is 17.6. The van der Waals surface area contributed by atoms with Crippen molar-refractivity contribution in [2.45, 2.75) is 20.5 Å². The first-order chi connectivity index (χ1) is 12.3. The molecule has 0 atom stereocenters. The van der Waals surface area contributed by atoms with E-state index in [1.807, 2.05) is 36.4 Å². The van der Waals surface area contributed by atoms with Gasteiger partial charge in [-0.05, 0) is 42.3 Å². The Morgan fingerprint density at radius 3 is 2.48 bits per heavy atom. The Morgan fingerprint density at radius 1 is 0.960 bits per heavy atom. The molecule has 3 nitrogen and oxygen atoms in total. The number of carbonyl (C=O) groups is 1. The summed E-state index contributed by atoms with van der Waals surface area (Å²) in [5.74, 6) is 0.632. The molecule has 0 N–H and O–H groups in total. The predicted molar refractivity (Wildman–Crippen MR) is 104 cm³/mol. The van der Waals surface area contributed by atoms with Crippen LogP contribution in [0.15, 0.2) is 60.7 Å². The van der Waals surface area contributed by atoms with E-state index in [1.165, 1.54) is 10.8 Å². The van der Waals surface area contributed by atoms with Crippen LogP contribution in [0.25, 0.3) is 10.8 Å². The summed E-state index contributed by atoms with van der Waals surface area (Å²) >= 11 is 0. The molecule has 3 heteroatoms. The number of fused-ring (bicyclic) bond motifs is 1. The van der Waals surface area contributed by atoms with Crippen LogP contribution >= 0.6 is 0 Å². The van der Waals surface area contributed by atoms with Gasteiger partial charge in [0.2, 0.25) is 0 Å². The lowest BCUT2D eigenvalue weighted by Gasteiger charge is -2.22. The van der Waals surface area contributed by atoms with Gasteiger partial charge in [-0.2, -0.15) is 0 Å². The number of hydrogen-bond acceptors (Lipinski definition) is 3. The zero-order valence-electron chi connectivity index (χ0n) is 14.7. The Labute approximate surface area is 148 Å². The van der Waals surface area contributed by atoms with E-state index in [4.69, 9.17) is 4.74 Å². The Kier molecular flexibility index (Phi) is 5.34. The van der Waals surface area contributed by atoms with Gasteiger partial charge in [-0.1, -0.05) is 42.5 Å². The molecule has 0 radical (unpaired) electrons. The van der Waals surface area contributed by atoms with Crippen LogP contribution in [0.5, 0.6) is 5.75 Å². The molecule has 3 aromatic carbocycles. The van der Waals surface area contributed by atoms with Crippen molar-refractivity contribution in [1.82, 2.24) is 0 Å². The first kappa shape index (κ1) is 17.0. The molecule has 0 amide bonds. The average Bonchev–Trinajstić information content (AvgIpc) is 2.67. The van der Waals surface area contributed by atoms with Gasteiger partial charge < -0.3 is 9.64 Å². The van der Waals surface area contributed by atoms with E-state index in [9.17, 15) is 4.79 Å². The fourth-order valence-corrected chi connectivity index (χ4v) is 3.10. The fraction of sp³-hybridized carbons (Fsp3) is 0.227. The molecule has 0 saturated heterocycles. The third-order valence-electron chi connectivity index (χ3n) is 4.52. The first-order valence-corrected chi connectivity index (χ1v) is 8.70. The maximum Gasteiger partial charge on any atom is 0.153 e. The van der Waals surface area contributed by atoms with E-state index in [1.54, 1.807) is 0 Å². The minimum Gasteiger partial charge on any atom is -0.488 e. The topological polar surface area (TPSA) is 29.5 Å². The molecule has 0 aliphatic heterocycles. The maximum absolute atomic E-state index is 11.4. The van der Waals surface area contributed by atoms with Gasteiger partial charge in [-0.15, -0.1) is 0 Å². The molecule has 0 saturated carbocycles. The highest BCUT2D eigenvalue weighted by Crippen LogP contribution is 2.27. The lowest BCUT2D eigenvalue weighted by atomic mass is 10.1. The summed E-state index contributed by atoms with van der Waals surface area (Å²) in [6.07, 6.45) is 0.852. The number of rotatable bonds is 7. The SMILES string of the molecule is CCN(CC)c1ccc(C=O)c(OCc2cccc3ccccc23)c1. The fourth-order valence-electron chi connectivity index (χ4n) is 3.10. The van der Waals surface area contributed by atoms with Gasteiger partial charge in [0, 0.05) is 24.8 Å². The molecule has 0 aromatic heterocycles. The molecule has 0 bridgehead atoms. The Hall–Kier alpha value is -2.81. The van der Waals surface area contributed by atoms with Crippen LogP contribution in [0.2, 0.25) is 0 Å². The van der Waals surface area contributed by atoms with Gasteiger partial charge in [0.1, 0.15) is 12.4 Å². The largest absolute Gasteiger partial charge is 0.488 e. The van der Waals surface area contributed by atoms with Crippen LogP contribution in [0.4, 0.5) is 5.69 Å². The summed E-state index contributed by atoms with van der Waals surface area (Å²) in [5.41, 5.74) is 2.77. The van der Waals surface area contributed by atoms with Crippen LogP contribution in [0, 0.1) is 0 Å². The molecule has 3 rings (SSSR count). The van der Waals surface area contributed by atoms with E-state index < -0.39 is 0 Å². The van der Waals surface area contributed by atoms with Gasteiger partial charge in [0.05, 0.1) is 5.56 Å². The normalized spacial score (nSPS) is 10.6. The Balaban J connectivity index is 1.89. The first-order valence-electron chi connectivity index (χ1n) is 8.70. The molecule has 0 heterocycles. The van der Waals surface area contributed by atoms with E-state index in [0.29, 0.717) is 17.9 Å². The summed E-state index contributed by atoms with van der Waals surface area (Å²) in [4.78, 5) is 13.6. The third-order valence-corrected chi connectivity index (χ3v) is 4.52. The van der Waals surface area contributed by atoms with Crippen molar-refractivity contribution in [2.75, 3.05) is 18.0 Å². The number of anilines is 1. The van der Waals surface area contributed by atoms with Crippen molar-refractivity contribution in [2.24, 2.45) is 0 Å². The van der Waals surface area contributed by atoms with Gasteiger partial charge in [0.15, 0.2) is 6.29 Å². The Morgan fingerprint density at radius 2 is 1.72 bits per heavy atom. The summed E-state index contributed by atoms with van der Waals surface area (Å²) < 4.78 is 6.04. The molecule has 0 aliphatic carbocycles. The van der Waals surface area contributed by atoms with Gasteiger partial charge >= 0.3 is 0 Å². The molecule has 0 unspecified atom stereocenters. The molecular weight excluding hydrogens is 310 g/mol. The van der Waals surface area contributed by atoms with E-state index in [2.05, 4.69) is 43.0 Å². The number of carbonyl (C=O) groups excluding carboxylic acids is 1. The van der Waals surface area contributed by atoms with E-state index >= 15 is 0 Å². The van der Waals surface area contributed by atoms with Crippen molar-refractivity contribution in [3.05, 3.63) is 71.8 Å². The summed E-state index contributed by atoms with van der Waals surface area (Å²) in [5, 5.41) is 2.37. The second-order valence-corrected chi connectivity index (χ2v) is 5.94. The highest BCUT2D eigenvalue weighted by molar-refractivity contribution is 5.85. The number of nitrogens with zero attached hydrogens (tertiary/aromatic N) is 1. The molecule has 3 aromatic rings. The molecule has 0 aliphatic rings. The monoisotopic (exact) mass is 333 g/mol. The molecule has 0 spiro atoms. The van der Waals surface area contributed by atoms with Gasteiger partial charge in [0.25, 0.3) is 0 Å². The maximum atomic E-state index is 11.4. The summed E-state index contributed by atoms with van der Waals surface area (Å²) in [6, 6.07) is 20.2. The lowest BCUT2D eigenvalue weighted by molar-refractivity contribution is 0.111. The molecule has 128 valence electrons. The van der Waals surface area contributed by atoms with Crippen LogP contribution in [-0.4, -0.2) is 19.4 Å². The average molecular weight is 333 g/mol. The highest BCUT2D eigenvalue weighted by Gasteiger charge is 2.09. The third kappa shape index (κ3) is 3.66. The van der Waals surface area contributed by atoms with Crippen molar-refractivity contribution in [1.29, 1.82) is 0 Å². The van der Waals surface area contributed by atoms with Gasteiger partial charge in [-0.3, -0.25) is 4.79 Å². The standard InChI is InChI=1S/C22H23NO2/c1-3-23(4-2)20-13-12-18(15-24)22(14-20)25-16-19-10-7-9-17-8-5-6-11-21(17)19/h5-15H,3-4,16H2,1-2H3. The van der Waals surface area contributed by atoms with Crippen LogP contribution in [0.3, 0.4) is 0 Å². The van der Waals surface area contributed by atoms with Crippen molar-refractivity contribution >= 4 is 22.7 Å². The zero-order valence-corrected chi connectivity index (χ0v) is 14.7. The second-order valence-electron chi connectivity index (χ2n) is 5.94. The quantitative estimate of drug-likeness (QED) is 0.565. The minimum atomic E-state index is 0.434. The molecule has 25 heavy (non-hydrogen) atoms. The van der Waals surface area contributed by atoms with Crippen LogP contribution in [0.1, 0.15) is 29.8 Å². The number of hydrogen-bond donors (Lipinski definition) is 0. The number of aldehydes is 1. The summed E-state index contributed by atoms with van der Waals surface area (Å²) in [7, 11) is 0. The second kappa shape index (κ2) is 7.84. The van der Waals surface area contributed by atoms with Crippen LogP contribution < -0.4 is 9.64 Å². The van der Waals surface area contributed by atoms with Crippen molar-refractivity contribution in [3.63, 3.8) is 0 Å². The highest BCUT2D eigenvalue weighted by atomic mass is 16.5. The molecular formula is C22H23NO2. The smallest absolute Gasteiger partial charge is 0.153 e. The summed E-state index contributed by atoms with van der Waals surface area (Å²) in [6.45, 7) is 6.50. The van der Waals surface area contributed by atoms with E-state index in [0.717, 1.165) is 30.6 Å². The van der Waals surface area contributed by atoms with E-state index in [-0.39, 0.29) is 0 Å². The molecule has 0 fully saturated rings. The van der Waals surface area contributed by atoms with Crippen LogP contribution in [-0.2, 0) is 6.61 Å².